The third-order valence-electron chi connectivity index (χ3n) is 8.62. The molecule has 0 bridgehead atoms. The molecule has 2 heterocycles. The molecule has 2 saturated heterocycles. The van der Waals surface area contributed by atoms with Gasteiger partial charge in [0.15, 0.2) is 0 Å². The van der Waals surface area contributed by atoms with Gasteiger partial charge in [-0.2, -0.15) is 0 Å². The third-order valence-corrected chi connectivity index (χ3v) is 8.62. The Morgan fingerprint density at radius 2 is 1.15 bits per heavy atom. The van der Waals surface area contributed by atoms with Crippen LogP contribution in [-0.4, -0.2) is 118 Å². The summed E-state index contributed by atoms with van der Waals surface area (Å²) in [6, 6.07) is 10.7. The summed E-state index contributed by atoms with van der Waals surface area (Å²) in [5.41, 5.74) is 2.69. The van der Waals surface area contributed by atoms with Gasteiger partial charge in [0.2, 0.25) is 0 Å². The van der Waals surface area contributed by atoms with Crippen molar-refractivity contribution in [3.8, 4) is 34.8 Å². The van der Waals surface area contributed by atoms with E-state index in [-0.39, 0.29) is 39.3 Å². The van der Waals surface area contributed by atoms with Crippen LogP contribution in [0.5, 0.6) is 0 Å². The van der Waals surface area contributed by atoms with Gasteiger partial charge in [-0.05, 0) is 46.5 Å². The first kappa shape index (κ1) is 34.5. The summed E-state index contributed by atoms with van der Waals surface area (Å²) in [5, 5.41) is 60.2. The normalized spacial score (nSPS) is 28.9. The van der Waals surface area contributed by atoms with Gasteiger partial charge in [0.05, 0.1) is 43.0 Å². The molecule has 8 atom stereocenters. The van der Waals surface area contributed by atoms with Crippen LogP contribution >= 0.6 is 0 Å². The molecule has 12 nitrogen and oxygen atoms in total. The highest BCUT2D eigenvalue weighted by atomic mass is 16.6. The lowest BCUT2D eigenvalue weighted by Gasteiger charge is -2.33. The minimum atomic E-state index is -1.27. The first-order valence-electron chi connectivity index (χ1n) is 15.3. The first-order valence-corrected chi connectivity index (χ1v) is 15.3. The van der Waals surface area contributed by atoms with Crippen molar-refractivity contribution in [3.05, 3.63) is 58.7 Å². The fraction of sp³-hybridized carbons (Fsp3) is 0.486. The molecule has 0 unspecified atom stereocenters. The van der Waals surface area contributed by atoms with Crippen molar-refractivity contribution in [2.45, 2.75) is 80.9 Å². The van der Waals surface area contributed by atoms with E-state index in [0.29, 0.717) is 22.3 Å². The number of carbonyl (C=O) groups excluding carboxylic acids is 2. The Morgan fingerprint density at radius 1 is 0.745 bits per heavy atom. The summed E-state index contributed by atoms with van der Waals surface area (Å²) in [5.74, 6) is 10.6. The molecule has 12 heteroatoms. The number of aliphatic hydroxyl groups excluding tert-OH is 6. The van der Waals surface area contributed by atoms with Gasteiger partial charge in [0.1, 0.15) is 37.6 Å². The van der Waals surface area contributed by atoms with Crippen LogP contribution in [0.3, 0.4) is 0 Å². The molecule has 2 fully saturated rings. The van der Waals surface area contributed by atoms with Crippen molar-refractivity contribution >= 4 is 11.9 Å². The van der Waals surface area contributed by atoms with E-state index in [9.17, 15) is 40.2 Å². The molecular weight excluding hydrogens is 612 g/mol. The summed E-state index contributed by atoms with van der Waals surface area (Å²) in [6.07, 6.45) is -8.04. The first-order chi connectivity index (χ1) is 22.4. The van der Waals surface area contributed by atoms with Gasteiger partial charge in [0, 0.05) is 37.8 Å². The summed E-state index contributed by atoms with van der Waals surface area (Å²) in [6.45, 7) is 1.50. The standard InChI is InChI=1S/C35H38O12/c1-19(38)44-17-35(18-45-20(2)39)27-11-21(5-9-31-33(42)29(40)13-23(15-36)46-31)3-7-25(27)26-8-4-22(12-28(26)35)6-10-32-34(43)30(41)14-24(16-37)47-32/h3-4,7-8,11-12,23-24,29-34,36-37,40-43H,13-18H2,1-2H3/t23-,24-,29-,30-,31+,32+,33-,34-/m0/s1. The smallest absolute Gasteiger partial charge is 0.302 e. The number of esters is 2. The second kappa shape index (κ2) is 14.5. The van der Waals surface area contributed by atoms with Crippen LogP contribution < -0.4 is 0 Å². The minimum absolute atomic E-state index is 0.0769. The van der Waals surface area contributed by atoms with Crippen molar-refractivity contribution in [2.24, 2.45) is 0 Å². The van der Waals surface area contributed by atoms with Crippen molar-refractivity contribution in [3.63, 3.8) is 0 Å². The third kappa shape index (κ3) is 7.36. The molecule has 2 aromatic rings. The molecule has 0 saturated carbocycles. The molecule has 5 rings (SSSR count). The predicted octanol–water partition coefficient (Wildman–Crippen LogP) is -0.474. The number of hydrogen-bond acceptors (Lipinski definition) is 12. The monoisotopic (exact) mass is 650 g/mol. The maximum Gasteiger partial charge on any atom is 0.302 e. The van der Waals surface area contributed by atoms with Gasteiger partial charge in [-0.15, -0.1) is 0 Å². The number of carbonyl (C=O) groups is 2. The van der Waals surface area contributed by atoms with Crippen LogP contribution in [0, 0.1) is 23.7 Å². The molecule has 6 N–H and O–H groups in total. The van der Waals surface area contributed by atoms with E-state index in [1.54, 1.807) is 24.3 Å². The zero-order valence-electron chi connectivity index (χ0n) is 26.0. The van der Waals surface area contributed by atoms with Crippen LogP contribution in [0.2, 0.25) is 0 Å². The fourth-order valence-electron chi connectivity index (χ4n) is 6.14. The molecule has 2 aromatic carbocycles. The summed E-state index contributed by atoms with van der Waals surface area (Å²) >= 11 is 0. The molecule has 1 aliphatic carbocycles. The summed E-state index contributed by atoms with van der Waals surface area (Å²) < 4.78 is 22.4. The van der Waals surface area contributed by atoms with Gasteiger partial charge < -0.3 is 49.6 Å². The van der Waals surface area contributed by atoms with E-state index in [2.05, 4.69) is 23.7 Å². The molecule has 0 aromatic heterocycles. The molecule has 250 valence electrons. The van der Waals surface area contributed by atoms with Crippen molar-refractivity contribution in [2.75, 3.05) is 26.4 Å². The zero-order chi connectivity index (χ0) is 33.9. The quantitative estimate of drug-likeness (QED) is 0.174. The number of ether oxygens (including phenoxy) is 4. The van der Waals surface area contributed by atoms with Crippen LogP contribution in [0.4, 0.5) is 0 Å². The van der Waals surface area contributed by atoms with E-state index in [0.717, 1.165) is 11.1 Å². The van der Waals surface area contributed by atoms with Crippen LogP contribution in [0.15, 0.2) is 36.4 Å². The number of rotatable bonds is 6. The van der Waals surface area contributed by atoms with Gasteiger partial charge in [-0.25, -0.2) is 0 Å². The highest BCUT2D eigenvalue weighted by molar-refractivity contribution is 5.83. The SMILES string of the molecule is CC(=O)OCC1(COC(C)=O)c2cc(C#C[C@H]3O[C@H](CO)C[C@H](O)[C@@H]3O)ccc2-c2ccc(C#C[C@H]3O[C@H](CO)C[C@H](O)[C@@H]3O)cc21. The lowest BCUT2D eigenvalue weighted by molar-refractivity contribution is -0.157. The van der Waals surface area contributed by atoms with Crippen LogP contribution in [0.25, 0.3) is 11.1 Å². The van der Waals surface area contributed by atoms with Crippen LogP contribution in [0.1, 0.15) is 48.9 Å². The van der Waals surface area contributed by atoms with E-state index in [1.165, 1.54) is 13.8 Å². The second-order valence-electron chi connectivity index (χ2n) is 12.0. The highest BCUT2D eigenvalue weighted by Crippen LogP contribution is 2.50. The number of hydrogen-bond donors (Lipinski definition) is 6. The molecule has 0 amide bonds. The molecule has 0 radical (unpaired) electrons. The molecule has 2 aliphatic heterocycles. The maximum absolute atomic E-state index is 12.1. The molecule has 47 heavy (non-hydrogen) atoms. The summed E-state index contributed by atoms with van der Waals surface area (Å²) in [4.78, 5) is 24.2. The van der Waals surface area contributed by atoms with E-state index >= 15 is 0 Å². The maximum atomic E-state index is 12.1. The molecule has 0 spiro atoms. The lowest BCUT2D eigenvalue weighted by Crippen LogP contribution is -2.48. The van der Waals surface area contributed by atoms with Crippen molar-refractivity contribution in [1.82, 2.24) is 0 Å². The van der Waals surface area contributed by atoms with Gasteiger partial charge in [-0.3, -0.25) is 9.59 Å². The Labute approximate surface area is 271 Å². The Kier molecular flexibility index (Phi) is 10.7. The Morgan fingerprint density at radius 3 is 1.51 bits per heavy atom. The number of aliphatic hydroxyl groups is 6. The topological polar surface area (TPSA) is 192 Å². The average molecular weight is 651 g/mol. The number of fused-ring (bicyclic) bond motifs is 3. The highest BCUT2D eigenvalue weighted by Gasteiger charge is 2.46. The van der Waals surface area contributed by atoms with E-state index in [4.69, 9.17) is 18.9 Å². The molecule has 3 aliphatic rings. The van der Waals surface area contributed by atoms with Gasteiger partial charge in [-0.1, -0.05) is 35.8 Å². The van der Waals surface area contributed by atoms with Crippen LogP contribution in [-0.2, 0) is 34.0 Å². The fourth-order valence-corrected chi connectivity index (χ4v) is 6.14. The Hall–Kier alpha value is -3.82. The Bertz CT molecular complexity index is 1490. The predicted molar refractivity (Wildman–Crippen MR) is 164 cm³/mol. The van der Waals surface area contributed by atoms with Crippen molar-refractivity contribution < 1.29 is 59.2 Å². The largest absolute Gasteiger partial charge is 0.464 e. The lowest BCUT2D eigenvalue weighted by atomic mass is 9.78. The van der Waals surface area contributed by atoms with E-state index in [1.807, 2.05) is 12.1 Å². The van der Waals surface area contributed by atoms with Crippen molar-refractivity contribution in [1.29, 1.82) is 0 Å². The van der Waals surface area contributed by atoms with E-state index < -0.39 is 66.2 Å². The van der Waals surface area contributed by atoms with Gasteiger partial charge in [0.25, 0.3) is 0 Å². The van der Waals surface area contributed by atoms with Gasteiger partial charge >= 0.3 is 11.9 Å². The number of benzene rings is 2. The molecular formula is C35H38O12. The summed E-state index contributed by atoms with van der Waals surface area (Å²) in [7, 11) is 0. The zero-order valence-corrected chi connectivity index (χ0v) is 26.0. The Balaban J connectivity index is 1.56. The second-order valence-corrected chi connectivity index (χ2v) is 12.0. The minimum Gasteiger partial charge on any atom is -0.464 e. The average Bonchev–Trinajstić information content (AvgIpc) is 3.32.